The Morgan fingerprint density at radius 2 is 1.57 bits per heavy atom. The van der Waals surface area contributed by atoms with Gasteiger partial charge in [0.05, 0.1) is 11.2 Å². The maximum absolute atomic E-state index is 6.13. The van der Waals surface area contributed by atoms with E-state index in [1.54, 1.807) is 0 Å². The van der Waals surface area contributed by atoms with Crippen LogP contribution < -0.4 is 10.4 Å². The maximum Gasteiger partial charge on any atom is 0.498 e. The topological polar surface area (TPSA) is 34.8 Å². The minimum Gasteiger partial charge on any atom is -0.446 e. The van der Waals surface area contributed by atoms with Crippen LogP contribution in [-0.4, -0.2) is 31.4 Å². The van der Waals surface area contributed by atoms with E-state index in [1.165, 1.54) is 19.3 Å². The zero-order chi connectivity index (χ0) is 15.3. The molecule has 3 rings (SSSR count). The number of hydrogen-bond acceptors (Lipinski definition) is 4. The number of anilines is 1. The van der Waals surface area contributed by atoms with Crippen LogP contribution in [0, 0.1) is 6.92 Å². The number of rotatable bonds is 2. The molecule has 2 saturated heterocycles. The van der Waals surface area contributed by atoms with Crippen molar-refractivity contribution in [1.82, 2.24) is 0 Å². The summed E-state index contributed by atoms with van der Waals surface area (Å²) in [6.45, 7) is 12.5. The summed E-state index contributed by atoms with van der Waals surface area (Å²) in [7, 11) is -0.336. The Hall–Kier alpha value is -0.935. The molecule has 1 aromatic heterocycles. The van der Waals surface area contributed by atoms with Gasteiger partial charge in [-0.2, -0.15) is 0 Å². The summed E-state index contributed by atoms with van der Waals surface area (Å²) in [6.07, 6.45) is 3.80. The van der Waals surface area contributed by atoms with E-state index in [4.69, 9.17) is 13.7 Å². The fraction of sp³-hybridized carbons (Fsp3) is 0.750. The lowest BCUT2D eigenvalue weighted by atomic mass is 9.79. The second-order valence-corrected chi connectivity index (χ2v) is 7.23. The first kappa shape index (κ1) is 15.0. The van der Waals surface area contributed by atoms with Gasteiger partial charge in [-0.05, 0) is 53.9 Å². The van der Waals surface area contributed by atoms with E-state index in [1.807, 2.05) is 6.92 Å². The normalized spacial score (nSPS) is 24.6. The third kappa shape index (κ3) is 2.62. The highest BCUT2D eigenvalue weighted by Crippen LogP contribution is 2.37. The molecule has 0 atom stereocenters. The SMILES string of the molecule is Cc1oc(N2CCCCC2)cc1B1OC(C)(C)C(C)(C)O1. The van der Waals surface area contributed by atoms with Crippen LogP contribution in [0.4, 0.5) is 5.88 Å². The van der Waals surface area contributed by atoms with Gasteiger partial charge in [-0.15, -0.1) is 0 Å². The fourth-order valence-electron chi connectivity index (χ4n) is 2.95. The fourth-order valence-corrected chi connectivity index (χ4v) is 2.95. The summed E-state index contributed by atoms with van der Waals surface area (Å²) in [5.41, 5.74) is 0.397. The lowest BCUT2D eigenvalue weighted by molar-refractivity contribution is 0.00578. The van der Waals surface area contributed by atoms with Gasteiger partial charge in [0.1, 0.15) is 5.76 Å². The minimum atomic E-state index is -0.336. The van der Waals surface area contributed by atoms with E-state index in [0.29, 0.717) is 0 Å². The molecule has 3 heterocycles. The monoisotopic (exact) mass is 291 g/mol. The van der Waals surface area contributed by atoms with Crippen LogP contribution in [0.3, 0.4) is 0 Å². The Balaban J connectivity index is 1.82. The lowest BCUT2D eigenvalue weighted by Gasteiger charge is -2.32. The molecular formula is C16H26BNO3. The van der Waals surface area contributed by atoms with Gasteiger partial charge < -0.3 is 18.6 Å². The average Bonchev–Trinajstić information content (AvgIpc) is 2.89. The molecule has 0 aliphatic carbocycles. The van der Waals surface area contributed by atoms with Crippen molar-refractivity contribution in [3.8, 4) is 0 Å². The van der Waals surface area contributed by atoms with Crippen molar-refractivity contribution in [3.05, 3.63) is 11.8 Å². The molecule has 0 radical (unpaired) electrons. The molecule has 2 fully saturated rings. The standard InChI is InChI=1S/C16H26BNO3/c1-12-13(17-20-15(2,3)16(4,5)21-17)11-14(19-12)18-9-7-6-8-10-18/h11H,6-10H2,1-5H3. The molecule has 0 unspecified atom stereocenters. The van der Waals surface area contributed by atoms with Crippen LogP contribution >= 0.6 is 0 Å². The Morgan fingerprint density at radius 3 is 2.14 bits per heavy atom. The quantitative estimate of drug-likeness (QED) is 0.785. The summed E-state index contributed by atoms with van der Waals surface area (Å²) in [5.74, 6) is 1.85. The Labute approximate surface area is 127 Å². The van der Waals surface area contributed by atoms with E-state index < -0.39 is 0 Å². The van der Waals surface area contributed by atoms with Crippen molar-refractivity contribution < 1.29 is 13.7 Å². The van der Waals surface area contributed by atoms with Crippen LogP contribution in [0.15, 0.2) is 10.5 Å². The molecule has 1 aromatic rings. The number of piperidine rings is 1. The molecule has 0 saturated carbocycles. The number of furan rings is 1. The van der Waals surface area contributed by atoms with Gasteiger partial charge in [-0.25, -0.2) is 0 Å². The summed E-state index contributed by atoms with van der Waals surface area (Å²) in [5, 5.41) is 0. The van der Waals surface area contributed by atoms with Gasteiger partial charge in [-0.3, -0.25) is 0 Å². The Morgan fingerprint density at radius 1 is 1.00 bits per heavy atom. The highest BCUT2D eigenvalue weighted by Gasteiger charge is 2.52. The van der Waals surface area contributed by atoms with Crippen LogP contribution in [-0.2, 0) is 9.31 Å². The van der Waals surface area contributed by atoms with Crippen LogP contribution in [0.2, 0.25) is 0 Å². The molecule has 21 heavy (non-hydrogen) atoms. The van der Waals surface area contributed by atoms with Crippen molar-refractivity contribution in [2.24, 2.45) is 0 Å². The first-order valence-corrected chi connectivity index (χ1v) is 8.01. The first-order valence-electron chi connectivity index (χ1n) is 8.01. The van der Waals surface area contributed by atoms with Crippen LogP contribution in [0.25, 0.3) is 0 Å². The van der Waals surface area contributed by atoms with Crippen molar-refractivity contribution >= 4 is 18.5 Å². The summed E-state index contributed by atoms with van der Waals surface area (Å²) >= 11 is 0. The van der Waals surface area contributed by atoms with Gasteiger partial charge in [0.2, 0.25) is 0 Å². The van der Waals surface area contributed by atoms with Gasteiger partial charge in [0, 0.05) is 24.6 Å². The van der Waals surface area contributed by atoms with Crippen molar-refractivity contribution in [2.45, 2.75) is 65.1 Å². The molecule has 0 spiro atoms. The third-order valence-electron chi connectivity index (χ3n) is 5.12. The van der Waals surface area contributed by atoms with E-state index in [9.17, 15) is 0 Å². The molecule has 2 aliphatic heterocycles. The molecule has 0 N–H and O–H groups in total. The predicted molar refractivity (Wildman–Crippen MR) is 85.2 cm³/mol. The number of nitrogens with zero attached hydrogens (tertiary/aromatic N) is 1. The van der Waals surface area contributed by atoms with E-state index >= 15 is 0 Å². The summed E-state index contributed by atoms with van der Waals surface area (Å²) in [4.78, 5) is 2.32. The molecule has 0 aromatic carbocycles. The van der Waals surface area contributed by atoms with Gasteiger partial charge in [-0.1, -0.05) is 0 Å². The predicted octanol–water partition coefficient (Wildman–Crippen LogP) is 2.88. The average molecular weight is 291 g/mol. The smallest absolute Gasteiger partial charge is 0.446 e. The van der Waals surface area contributed by atoms with Gasteiger partial charge in [0.25, 0.3) is 0 Å². The van der Waals surface area contributed by atoms with E-state index in [-0.39, 0.29) is 18.3 Å². The third-order valence-corrected chi connectivity index (χ3v) is 5.12. The van der Waals surface area contributed by atoms with Crippen molar-refractivity contribution in [2.75, 3.05) is 18.0 Å². The van der Waals surface area contributed by atoms with E-state index in [2.05, 4.69) is 38.7 Å². The second-order valence-electron chi connectivity index (χ2n) is 7.23. The molecular weight excluding hydrogens is 265 g/mol. The lowest BCUT2D eigenvalue weighted by Crippen LogP contribution is -2.41. The largest absolute Gasteiger partial charge is 0.498 e. The van der Waals surface area contributed by atoms with E-state index in [0.717, 1.165) is 30.2 Å². The molecule has 4 nitrogen and oxygen atoms in total. The molecule has 0 bridgehead atoms. The zero-order valence-electron chi connectivity index (χ0n) is 13.9. The van der Waals surface area contributed by atoms with Crippen molar-refractivity contribution in [1.29, 1.82) is 0 Å². The Kier molecular flexibility index (Phi) is 3.61. The Bertz CT molecular complexity index is 502. The summed E-state index contributed by atoms with van der Waals surface area (Å²) < 4.78 is 18.2. The number of aryl methyl sites for hydroxylation is 1. The van der Waals surface area contributed by atoms with Crippen LogP contribution in [0.1, 0.15) is 52.7 Å². The zero-order valence-corrected chi connectivity index (χ0v) is 13.9. The van der Waals surface area contributed by atoms with Crippen molar-refractivity contribution in [3.63, 3.8) is 0 Å². The molecule has 116 valence electrons. The summed E-state index contributed by atoms with van der Waals surface area (Å²) in [6, 6.07) is 2.10. The second kappa shape index (κ2) is 5.06. The highest BCUT2D eigenvalue weighted by molar-refractivity contribution is 6.62. The first-order chi connectivity index (χ1) is 9.80. The number of hydrogen-bond donors (Lipinski definition) is 0. The molecule has 5 heteroatoms. The highest BCUT2D eigenvalue weighted by atomic mass is 16.7. The van der Waals surface area contributed by atoms with Crippen LogP contribution in [0.5, 0.6) is 0 Å². The molecule has 0 amide bonds. The maximum atomic E-state index is 6.13. The van der Waals surface area contributed by atoms with Gasteiger partial charge >= 0.3 is 7.12 Å². The minimum absolute atomic E-state index is 0.313. The van der Waals surface area contributed by atoms with Gasteiger partial charge in [0.15, 0.2) is 5.88 Å². The molecule has 2 aliphatic rings.